The van der Waals surface area contributed by atoms with Crippen molar-refractivity contribution in [1.29, 1.82) is 5.26 Å². The molecule has 2 rings (SSSR count). The number of piperidine rings is 1. The van der Waals surface area contributed by atoms with Gasteiger partial charge in [0.25, 0.3) is 0 Å². The molecular weight excluding hydrogens is 302 g/mol. The molecule has 5 nitrogen and oxygen atoms in total. The van der Waals surface area contributed by atoms with E-state index in [4.69, 9.17) is 5.26 Å². The van der Waals surface area contributed by atoms with E-state index in [2.05, 4.69) is 11.0 Å². The monoisotopic (exact) mass is 329 g/mol. The van der Waals surface area contributed by atoms with E-state index in [0.29, 0.717) is 19.4 Å². The largest absolute Gasteiger partial charge is 0.388 e. The van der Waals surface area contributed by atoms with Crippen LogP contribution < -0.4 is 0 Å². The first-order valence-corrected chi connectivity index (χ1v) is 8.68. The average molecular weight is 329 g/mol. The van der Waals surface area contributed by atoms with E-state index in [0.717, 1.165) is 38.0 Å². The van der Waals surface area contributed by atoms with Crippen LogP contribution in [0.3, 0.4) is 0 Å². The fourth-order valence-corrected chi connectivity index (χ4v) is 3.20. The van der Waals surface area contributed by atoms with Gasteiger partial charge in [0, 0.05) is 26.6 Å². The number of aliphatic hydroxyl groups is 1. The molecule has 130 valence electrons. The number of nitrogens with zero attached hydrogens (tertiary/aromatic N) is 3. The number of benzene rings is 1. The molecule has 0 aliphatic carbocycles. The predicted molar refractivity (Wildman–Crippen MR) is 93.0 cm³/mol. The Balaban J connectivity index is 1.71. The number of hydrogen-bond donors (Lipinski definition) is 1. The summed E-state index contributed by atoms with van der Waals surface area (Å²) in [6.45, 7) is 3.10. The maximum atomic E-state index is 12.0. The second-order valence-electron chi connectivity index (χ2n) is 6.51. The van der Waals surface area contributed by atoms with Gasteiger partial charge in [0.1, 0.15) is 0 Å². The smallest absolute Gasteiger partial charge is 0.223 e. The summed E-state index contributed by atoms with van der Waals surface area (Å²) >= 11 is 0. The van der Waals surface area contributed by atoms with E-state index in [1.807, 2.05) is 30.3 Å². The Labute approximate surface area is 144 Å². The maximum absolute atomic E-state index is 12.0. The fourth-order valence-electron chi connectivity index (χ4n) is 3.20. The van der Waals surface area contributed by atoms with Crippen LogP contribution in [-0.4, -0.2) is 54.0 Å². The van der Waals surface area contributed by atoms with Gasteiger partial charge in [-0.3, -0.25) is 4.79 Å². The number of carbonyl (C=O) groups is 1. The lowest BCUT2D eigenvalue weighted by Gasteiger charge is -2.34. The van der Waals surface area contributed by atoms with Crippen LogP contribution in [0.5, 0.6) is 0 Å². The molecule has 1 fully saturated rings. The fraction of sp³-hybridized carbons (Fsp3) is 0.579. The Bertz CT molecular complexity index is 547. The zero-order chi connectivity index (χ0) is 17.4. The summed E-state index contributed by atoms with van der Waals surface area (Å²) in [7, 11) is 1.75. The van der Waals surface area contributed by atoms with Gasteiger partial charge in [0.05, 0.1) is 18.6 Å². The zero-order valence-electron chi connectivity index (χ0n) is 14.4. The minimum absolute atomic E-state index is 0.0942. The van der Waals surface area contributed by atoms with Crippen LogP contribution in [-0.2, 0) is 4.79 Å². The van der Waals surface area contributed by atoms with Gasteiger partial charge in [-0.15, -0.1) is 0 Å². The number of amides is 1. The molecule has 1 heterocycles. The Kier molecular flexibility index (Phi) is 7.23. The topological polar surface area (TPSA) is 67.6 Å². The van der Waals surface area contributed by atoms with Crippen LogP contribution in [0.15, 0.2) is 30.3 Å². The van der Waals surface area contributed by atoms with Crippen molar-refractivity contribution in [2.75, 3.05) is 33.2 Å². The maximum Gasteiger partial charge on any atom is 0.223 e. The Hall–Kier alpha value is -1.90. The van der Waals surface area contributed by atoms with Gasteiger partial charge in [-0.2, -0.15) is 5.26 Å². The first-order valence-electron chi connectivity index (χ1n) is 8.68. The lowest BCUT2D eigenvalue weighted by molar-refractivity contribution is -0.130. The Morgan fingerprint density at radius 3 is 2.67 bits per heavy atom. The van der Waals surface area contributed by atoms with Crippen molar-refractivity contribution >= 4 is 5.91 Å². The van der Waals surface area contributed by atoms with Crippen molar-refractivity contribution in [3.63, 3.8) is 0 Å². The quantitative estimate of drug-likeness (QED) is 0.833. The summed E-state index contributed by atoms with van der Waals surface area (Å²) in [6, 6.07) is 11.9. The van der Waals surface area contributed by atoms with E-state index < -0.39 is 6.10 Å². The third-order valence-electron chi connectivity index (χ3n) is 4.85. The van der Waals surface area contributed by atoms with Crippen LogP contribution in [0.25, 0.3) is 0 Å². The molecule has 0 radical (unpaired) electrons. The molecule has 1 aromatic carbocycles. The molecule has 1 unspecified atom stereocenters. The van der Waals surface area contributed by atoms with Gasteiger partial charge < -0.3 is 14.9 Å². The van der Waals surface area contributed by atoms with Crippen molar-refractivity contribution < 1.29 is 9.90 Å². The van der Waals surface area contributed by atoms with Crippen LogP contribution in [0.4, 0.5) is 0 Å². The molecule has 0 aromatic heterocycles. The van der Waals surface area contributed by atoms with Crippen LogP contribution >= 0.6 is 0 Å². The van der Waals surface area contributed by atoms with Crippen LogP contribution in [0.2, 0.25) is 0 Å². The van der Waals surface area contributed by atoms with Crippen molar-refractivity contribution in [3.8, 4) is 6.07 Å². The molecule has 1 atom stereocenters. The highest BCUT2D eigenvalue weighted by molar-refractivity contribution is 5.76. The van der Waals surface area contributed by atoms with E-state index in [9.17, 15) is 9.90 Å². The first kappa shape index (κ1) is 18.4. The standard InChI is InChI=1S/C19H27N3O2/c1-21(12-5-11-20)18(23)10-15-22-13-8-17(9-14-22)19(24)16-6-3-2-4-7-16/h2-4,6-7,17,19,24H,5,8-10,12-15H2,1H3. The third-order valence-corrected chi connectivity index (χ3v) is 4.85. The number of hydrogen-bond acceptors (Lipinski definition) is 4. The summed E-state index contributed by atoms with van der Waals surface area (Å²) in [4.78, 5) is 15.9. The van der Waals surface area contributed by atoms with Gasteiger partial charge in [-0.25, -0.2) is 0 Å². The SMILES string of the molecule is CN(CCC#N)C(=O)CCN1CCC(C(O)c2ccccc2)CC1. The average Bonchev–Trinajstić information content (AvgIpc) is 2.64. The summed E-state index contributed by atoms with van der Waals surface area (Å²) in [5, 5.41) is 19.1. The third kappa shape index (κ3) is 5.33. The highest BCUT2D eigenvalue weighted by Gasteiger charge is 2.26. The second-order valence-corrected chi connectivity index (χ2v) is 6.51. The summed E-state index contributed by atoms with van der Waals surface area (Å²) in [5.41, 5.74) is 0.991. The van der Waals surface area contributed by atoms with Crippen molar-refractivity contribution in [3.05, 3.63) is 35.9 Å². The lowest BCUT2D eigenvalue weighted by atomic mass is 9.87. The molecule has 1 aromatic rings. The van der Waals surface area contributed by atoms with Crippen molar-refractivity contribution in [2.24, 2.45) is 5.92 Å². The summed E-state index contributed by atoms with van der Waals surface area (Å²) < 4.78 is 0. The highest BCUT2D eigenvalue weighted by atomic mass is 16.3. The minimum Gasteiger partial charge on any atom is -0.388 e. The summed E-state index contributed by atoms with van der Waals surface area (Å²) in [6.07, 6.45) is 2.38. The molecule has 24 heavy (non-hydrogen) atoms. The molecule has 1 amide bonds. The molecule has 0 bridgehead atoms. The van der Waals surface area contributed by atoms with Crippen LogP contribution in [0, 0.1) is 17.2 Å². The van der Waals surface area contributed by atoms with Gasteiger partial charge in [0.2, 0.25) is 5.91 Å². The molecular formula is C19H27N3O2. The molecule has 1 aliphatic heterocycles. The lowest BCUT2D eigenvalue weighted by Crippen LogP contribution is -2.38. The van der Waals surface area contributed by atoms with E-state index in [1.165, 1.54) is 0 Å². The number of carbonyl (C=O) groups excluding carboxylic acids is 1. The Morgan fingerprint density at radius 2 is 2.04 bits per heavy atom. The number of aliphatic hydroxyl groups excluding tert-OH is 1. The van der Waals surface area contributed by atoms with Gasteiger partial charge in [0.15, 0.2) is 0 Å². The molecule has 0 saturated carbocycles. The second kappa shape index (κ2) is 9.41. The van der Waals surface area contributed by atoms with Gasteiger partial charge in [-0.1, -0.05) is 30.3 Å². The number of rotatable bonds is 7. The normalized spacial score (nSPS) is 17.2. The molecule has 5 heteroatoms. The molecule has 1 aliphatic rings. The zero-order valence-corrected chi connectivity index (χ0v) is 14.4. The van der Waals surface area contributed by atoms with E-state index >= 15 is 0 Å². The predicted octanol–water partition coefficient (Wildman–Crippen LogP) is 2.19. The molecule has 0 spiro atoms. The molecule has 1 N–H and O–H groups in total. The first-order chi connectivity index (χ1) is 11.6. The van der Waals surface area contributed by atoms with E-state index in [1.54, 1.807) is 11.9 Å². The highest BCUT2D eigenvalue weighted by Crippen LogP contribution is 2.30. The number of nitriles is 1. The van der Waals surface area contributed by atoms with E-state index in [-0.39, 0.29) is 11.8 Å². The Morgan fingerprint density at radius 1 is 1.38 bits per heavy atom. The number of likely N-dealkylation sites (tertiary alicyclic amines) is 1. The van der Waals surface area contributed by atoms with Gasteiger partial charge in [-0.05, 0) is 37.4 Å². The molecule has 1 saturated heterocycles. The van der Waals surface area contributed by atoms with Gasteiger partial charge >= 0.3 is 0 Å². The van der Waals surface area contributed by atoms with Crippen molar-refractivity contribution in [2.45, 2.75) is 31.8 Å². The summed E-state index contributed by atoms with van der Waals surface area (Å²) in [5.74, 6) is 0.384. The minimum atomic E-state index is -0.396. The van der Waals surface area contributed by atoms with Crippen LogP contribution in [0.1, 0.15) is 37.4 Å². The van der Waals surface area contributed by atoms with Crippen molar-refractivity contribution in [1.82, 2.24) is 9.80 Å².